The normalized spacial score (nSPS) is 17.0. The first-order valence-electron chi connectivity index (χ1n) is 37.9. The number of anilines is 8. The monoisotopic (exact) mass is 1940 g/mol. The predicted molar refractivity (Wildman–Crippen MR) is 459 cm³/mol. The third kappa shape index (κ3) is 21.7. The van der Waals surface area contributed by atoms with Gasteiger partial charge >= 0.3 is 18.3 Å². The van der Waals surface area contributed by atoms with Crippen LogP contribution in [0.2, 0.25) is 20.1 Å². The summed E-state index contributed by atoms with van der Waals surface area (Å²) in [7, 11) is 0. The highest BCUT2D eigenvalue weighted by Crippen LogP contribution is 2.40. The van der Waals surface area contributed by atoms with Crippen molar-refractivity contribution >= 4 is 202 Å². The molecule has 3 aliphatic carbocycles. The van der Waals surface area contributed by atoms with Crippen LogP contribution in [0.3, 0.4) is 0 Å². The summed E-state index contributed by atoms with van der Waals surface area (Å²) in [5.74, 6) is 0.156. The van der Waals surface area contributed by atoms with Crippen LogP contribution < -0.4 is 81.6 Å². The van der Waals surface area contributed by atoms with Crippen LogP contribution in [-0.4, -0.2) is 198 Å². The van der Waals surface area contributed by atoms with Crippen LogP contribution in [-0.2, 0) is 50.4 Å². The van der Waals surface area contributed by atoms with Crippen molar-refractivity contribution in [2.45, 2.75) is 135 Å². The first-order valence-corrected chi connectivity index (χ1v) is 41.0. The molecule has 7 aliphatic heterocycles. The minimum atomic E-state index is -1.13. The van der Waals surface area contributed by atoms with E-state index in [0.717, 1.165) is 38.5 Å². The number of halogens is 7. The Balaban J connectivity index is 0.000000152. The van der Waals surface area contributed by atoms with Crippen LogP contribution in [0, 0.1) is 17.8 Å². The third-order valence-electron chi connectivity index (χ3n) is 19.1. The SMILES string of the molecule is CC(C)(C)OC(=O)N1CC(=O)C1.CC(C)(C)OC(=O)N1CC2(C1)NC(=O)c1c(Cl)cc(Br)c(=O)n12.CC(C)(C)OC(=O)N1CC2(C1)NC(=O)c1c(Cl)cc(Nc3cc(NC(=O)C4CC4)ncn3)c(=O)n12.Cl.NC(=O)c1[nH]c(=O)c(Br)cc1Cl.Nc1cc(NC(=O)C2CC2)ncn1.O=C1NC2(CNC2)n2c1c(Cl)cc(Nc1cc(NC(=O)C3CC3)ncn1)c2=O. The molecule has 17 rings (SSSR count). The number of ether oxygens (including phenoxy) is 3. The second kappa shape index (κ2) is 36.4. The molecule has 7 fully saturated rings. The fraction of sp³-hybridized carbons (Fsp3) is 0.427. The Hall–Kier alpha value is -11.4. The van der Waals surface area contributed by atoms with Gasteiger partial charge in [0.1, 0.15) is 111 Å². The lowest BCUT2D eigenvalue weighted by atomic mass is 10.0. The van der Waals surface area contributed by atoms with E-state index in [4.69, 9.17) is 72.1 Å². The molecule has 49 heteroatoms. The van der Waals surface area contributed by atoms with E-state index in [9.17, 15) is 71.9 Å². The summed E-state index contributed by atoms with van der Waals surface area (Å²) in [4.78, 5) is 209. The van der Waals surface area contributed by atoms with Gasteiger partial charge in [0.05, 0.1) is 68.3 Å². The van der Waals surface area contributed by atoms with E-state index in [2.05, 4.69) is 115 Å². The summed E-state index contributed by atoms with van der Waals surface area (Å²) < 4.78 is 20.2. The molecule has 7 aromatic rings. The third-order valence-corrected chi connectivity index (χ3v) is 21.4. The van der Waals surface area contributed by atoms with Gasteiger partial charge in [-0.15, -0.1) is 12.4 Å². The fourth-order valence-electron chi connectivity index (χ4n) is 12.8. The first-order chi connectivity index (χ1) is 57.6. The molecule has 124 heavy (non-hydrogen) atoms. The van der Waals surface area contributed by atoms with E-state index in [1.54, 1.807) is 68.4 Å². The van der Waals surface area contributed by atoms with Crippen LogP contribution in [0.4, 0.5) is 60.7 Å². The number of nitrogens with two attached hydrogens (primary N) is 2. The minimum Gasteiger partial charge on any atom is -0.444 e. The van der Waals surface area contributed by atoms with Gasteiger partial charge in [-0.05, 0) is 157 Å². The van der Waals surface area contributed by atoms with Crippen LogP contribution in [0.15, 0.2) is 89.6 Å². The maximum absolute atomic E-state index is 13.4. The fourth-order valence-corrected chi connectivity index (χ4v) is 14.9. The summed E-state index contributed by atoms with van der Waals surface area (Å²) in [6.07, 6.45) is 7.89. The maximum Gasteiger partial charge on any atom is 0.411 e. The summed E-state index contributed by atoms with van der Waals surface area (Å²) in [5.41, 5.74) is 4.44. The summed E-state index contributed by atoms with van der Waals surface area (Å²) in [6.45, 7) is 17.7. The van der Waals surface area contributed by atoms with Gasteiger partial charge in [0.2, 0.25) is 17.7 Å². The zero-order valence-electron chi connectivity index (χ0n) is 67.5. The van der Waals surface area contributed by atoms with Crippen molar-refractivity contribution in [2.75, 3.05) is 84.7 Å². The zero-order valence-corrected chi connectivity index (χ0v) is 74.5. The van der Waals surface area contributed by atoms with Gasteiger partial charge in [-0.1, -0.05) is 46.4 Å². The number of aromatic amines is 1. The van der Waals surface area contributed by atoms with E-state index in [0.29, 0.717) is 42.2 Å². The van der Waals surface area contributed by atoms with Gasteiger partial charge < -0.3 is 78.5 Å². The number of aromatic nitrogens is 10. The number of nitrogen functional groups attached to an aromatic ring is 1. The molecule has 0 bridgehead atoms. The number of H-pyrrole nitrogens is 1. The molecule has 14 N–H and O–H groups in total. The van der Waals surface area contributed by atoms with Crippen LogP contribution in [0.25, 0.3) is 0 Å². The van der Waals surface area contributed by atoms with Gasteiger partial charge in [0.25, 0.3) is 45.9 Å². The Bertz CT molecular complexity index is 5780. The molecule has 42 nitrogen and oxygen atoms in total. The van der Waals surface area contributed by atoms with Crippen molar-refractivity contribution < 1.29 is 67.0 Å². The molecule has 0 unspecified atom stereocenters. The van der Waals surface area contributed by atoms with Crippen molar-refractivity contribution in [3.05, 3.63) is 155 Å². The maximum atomic E-state index is 13.4. The summed E-state index contributed by atoms with van der Waals surface area (Å²) >= 11 is 30.4. The molecule has 0 radical (unpaired) electrons. The molecule has 10 amide bonds. The van der Waals surface area contributed by atoms with Gasteiger partial charge in [0.15, 0.2) is 17.1 Å². The van der Waals surface area contributed by atoms with E-state index in [1.807, 2.05) is 0 Å². The van der Waals surface area contributed by atoms with E-state index < -0.39 is 80.9 Å². The van der Waals surface area contributed by atoms with Gasteiger partial charge in [-0.3, -0.25) is 85.9 Å². The number of hydrogen-bond acceptors (Lipinski definition) is 28. The van der Waals surface area contributed by atoms with Crippen LogP contribution in [0.1, 0.15) is 143 Å². The molecule has 7 aromatic heterocycles. The Labute approximate surface area is 746 Å². The Kier molecular flexibility index (Phi) is 27.4. The number of hydrogen-bond donors (Lipinski definition) is 12. The Morgan fingerprint density at radius 3 is 1.15 bits per heavy atom. The van der Waals surface area contributed by atoms with Crippen molar-refractivity contribution in [1.82, 2.24) is 84.6 Å². The zero-order chi connectivity index (χ0) is 89.7. The number of likely N-dealkylation sites (tertiary alicyclic amines) is 3. The Morgan fingerprint density at radius 2 is 0.798 bits per heavy atom. The second-order valence-corrected chi connectivity index (χ2v) is 36.0. The molecule has 10 aliphatic rings. The number of pyridine rings is 4. The number of carbonyl (C=O) groups excluding carboxylic acids is 11. The first kappa shape index (κ1) is 93.3. The number of rotatable bonds is 11. The topological polar surface area (TPSA) is 562 Å². The highest BCUT2D eigenvalue weighted by molar-refractivity contribution is 9.10. The number of ketones is 1. The van der Waals surface area contributed by atoms with Crippen LogP contribution >= 0.6 is 90.7 Å². The minimum absolute atomic E-state index is 0. The molecule has 3 spiro atoms. The molecule has 0 atom stereocenters. The van der Waals surface area contributed by atoms with E-state index in [-0.39, 0.29) is 179 Å². The van der Waals surface area contributed by atoms with Gasteiger partial charge in [0, 0.05) is 49.0 Å². The van der Waals surface area contributed by atoms with Crippen molar-refractivity contribution in [3.63, 3.8) is 0 Å². The lowest BCUT2D eigenvalue weighted by Crippen LogP contribution is -2.70. The number of carbonyl (C=O) groups is 11. The van der Waals surface area contributed by atoms with E-state index >= 15 is 0 Å². The molecule has 4 saturated heterocycles. The standard InChI is InChI=1S/C22H24ClN7O5.C17H16ClN7O3.C14H15BrClN3O4.C8H10N4O.C8H13NO3.C6H4BrClN2O2.ClH/c1-21(2,3)35-20(34)29-8-22(9-29)28-18(32)16-12(23)6-13(19(33)30(16)22)26-14-7-15(25-10-24-14)27-17(31)11-4-5-11;18-9-3-10(16(28)25-13(9)15(27)24-17(25)5-19-6-17)22-11-4-12(21-7-20-11)23-14(26)8-1-2-8;1-13(2,3)23-12(22)18-5-14(6-18)17-10(20)9-8(16)4-7(15)11(21)19(9)14;9-6-3-7(11-4-10-6)12-8(13)5-1-2-5;1-8(2,3)12-7(11)9-4-6(10)5-9;7-2-1-3(8)4(5(9)11)10-6(2)12;/h6-7,10-11H,4-5,8-9H2,1-3H3,(H,28,32)(H2,24,25,26,27,31);3-4,7-8,19H,1-2,5-6H2,(H,24,27)(H2,20,21,22,23,26);4H,5-6H2,1-3H3,(H,17,20);3-5H,1-2H2,(H3,9,10,11,12,13);4-5H2,1-3H3;1H,(H2,9,11)(H,10,12);1H. The average Bonchev–Trinajstić information content (AvgIpc) is 1.56. The molecular weight excluding hydrogens is 1860 g/mol. The highest BCUT2D eigenvalue weighted by Gasteiger charge is 2.58. The van der Waals surface area contributed by atoms with Crippen LogP contribution in [0.5, 0.6) is 0 Å². The molecule has 0 aromatic carbocycles. The van der Waals surface area contributed by atoms with Gasteiger partial charge in [-0.2, -0.15) is 0 Å². The predicted octanol–water partition coefficient (Wildman–Crippen LogP) is 6.85. The number of nitrogens with zero attached hydrogens (tertiary/aromatic N) is 12. The highest BCUT2D eigenvalue weighted by atomic mass is 79.9. The lowest BCUT2D eigenvalue weighted by molar-refractivity contribution is -0.128. The van der Waals surface area contributed by atoms with Crippen molar-refractivity contribution in [2.24, 2.45) is 23.5 Å². The molecular formula is C75H83Br2Cl5N24O18. The molecule has 14 heterocycles. The van der Waals surface area contributed by atoms with Crippen molar-refractivity contribution in [3.8, 4) is 0 Å². The molecule has 660 valence electrons. The van der Waals surface area contributed by atoms with E-state index in [1.165, 1.54) is 83.8 Å². The second-order valence-electron chi connectivity index (χ2n) is 32.7. The Morgan fingerprint density at radius 1 is 0.460 bits per heavy atom. The quantitative estimate of drug-likeness (QED) is 0.0589. The summed E-state index contributed by atoms with van der Waals surface area (Å²) in [5, 5.41) is 25.9. The molecule has 3 saturated carbocycles. The lowest BCUT2D eigenvalue weighted by Gasteiger charge is -2.48. The smallest absolute Gasteiger partial charge is 0.411 e. The number of Topliss-reactive ketones (excluding diaryl/α,β-unsaturated/α-hetero) is 1. The van der Waals surface area contributed by atoms with Gasteiger partial charge in [-0.25, -0.2) is 44.3 Å². The number of nitrogens with one attached hydrogen (secondary N) is 10. The van der Waals surface area contributed by atoms with Crippen molar-refractivity contribution in [1.29, 1.82) is 0 Å². The number of primary amides is 1. The number of fused-ring (bicyclic) bond motifs is 6. The number of amides is 10. The summed E-state index contributed by atoms with van der Waals surface area (Å²) in [6, 6.07) is 10.1. The largest absolute Gasteiger partial charge is 0.444 e. The average molecular weight is 1950 g/mol.